The average molecular weight is 384 g/mol. The van der Waals surface area contributed by atoms with Crippen molar-refractivity contribution >= 4 is 5.91 Å². The molecule has 1 saturated heterocycles. The standard InChI is InChI=1S/C22H29FN4O/c1-15(2)11-19-12-21(25-16(3)24-19)22(28)26-18-8-6-10-27(14-18)13-17-7-4-5-9-20(17)23/h4-5,7,9,12,15,18H,6,8,10-11,13-14H2,1-3H3,(H,26,28). The van der Waals surface area contributed by atoms with Crippen molar-refractivity contribution in [2.24, 2.45) is 5.92 Å². The fraction of sp³-hybridized carbons (Fsp3) is 0.500. The third-order valence-electron chi connectivity index (χ3n) is 4.93. The number of aromatic nitrogens is 2. The van der Waals surface area contributed by atoms with E-state index in [0.717, 1.165) is 31.5 Å². The molecule has 2 heterocycles. The number of likely N-dealkylation sites (tertiary alicyclic amines) is 1. The first-order chi connectivity index (χ1) is 13.4. The Morgan fingerprint density at radius 3 is 2.86 bits per heavy atom. The summed E-state index contributed by atoms with van der Waals surface area (Å²) in [7, 11) is 0. The van der Waals surface area contributed by atoms with E-state index in [-0.39, 0.29) is 17.8 Å². The molecule has 1 N–H and O–H groups in total. The molecule has 1 aromatic carbocycles. The molecule has 0 saturated carbocycles. The maximum atomic E-state index is 13.9. The molecule has 1 atom stereocenters. The molecule has 150 valence electrons. The van der Waals surface area contributed by atoms with Crippen molar-refractivity contribution < 1.29 is 9.18 Å². The summed E-state index contributed by atoms with van der Waals surface area (Å²) in [5, 5.41) is 3.11. The molecule has 1 amide bonds. The number of nitrogens with zero attached hydrogens (tertiary/aromatic N) is 3. The number of hydrogen-bond donors (Lipinski definition) is 1. The van der Waals surface area contributed by atoms with Gasteiger partial charge < -0.3 is 5.32 Å². The maximum Gasteiger partial charge on any atom is 0.270 e. The number of carbonyl (C=O) groups excluding carboxylic acids is 1. The molecule has 3 rings (SSSR count). The molecule has 28 heavy (non-hydrogen) atoms. The van der Waals surface area contributed by atoms with Gasteiger partial charge in [0, 0.05) is 30.4 Å². The van der Waals surface area contributed by atoms with E-state index < -0.39 is 0 Å². The number of nitrogens with one attached hydrogen (secondary N) is 1. The summed E-state index contributed by atoms with van der Waals surface area (Å²) in [5.41, 5.74) is 2.02. The zero-order valence-electron chi connectivity index (χ0n) is 16.9. The Morgan fingerprint density at radius 2 is 2.11 bits per heavy atom. The minimum absolute atomic E-state index is 0.0387. The van der Waals surface area contributed by atoms with Crippen LogP contribution >= 0.6 is 0 Å². The Bertz CT molecular complexity index is 824. The SMILES string of the molecule is Cc1nc(CC(C)C)cc(C(=O)NC2CCCN(Cc3ccccc3F)C2)n1. The first kappa shape index (κ1) is 20.4. The molecule has 0 spiro atoms. The molecule has 1 aromatic heterocycles. The lowest BCUT2D eigenvalue weighted by molar-refractivity contribution is 0.0894. The van der Waals surface area contributed by atoms with E-state index in [1.54, 1.807) is 12.1 Å². The summed E-state index contributed by atoms with van der Waals surface area (Å²) in [6.07, 6.45) is 2.71. The lowest BCUT2D eigenvalue weighted by atomic mass is 10.0. The fourth-order valence-electron chi connectivity index (χ4n) is 3.71. The van der Waals surface area contributed by atoms with Gasteiger partial charge in [0.15, 0.2) is 0 Å². The second-order valence-corrected chi connectivity index (χ2v) is 8.03. The highest BCUT2D eigenvalue weighted by atomic mass is 19.1. The number of rotatable bonds is 6. The average Bonchev–Trinajstić information content (AvgIpc) is 2.63. The second kappa shape index (κ2) is 9.24. The summed E-state index contributed by atoms with van der Waals surface area (Å²) in [5.74, 6) is 0.750. The van der Waals surface area contributed by atoms with Gasteiger partial charge in [0.1, 0.15) is 17.3 Å². The summed E-state index contributed by atoms with van der Waals surface area (Å²) < 4.78 is 13.9. The van der Waals surface area contributed by atoms with Crippen LogP contribution in [-0.4, -0.2) is 39.9 Å². The number of amides is 1. The third kappa shape index (κ3) is 5.58. The Balaban J connectivity index is 1.62. The number of halogens is 1. The van der Waals surface area contributed by atoms with Crippen LogP contribution in [0.3, 0.4) is 0 Å². The van der Waals surface area contributed by atoms with Gasteiger partial charge in [-0.1, -0.05) is 32.0 Å². The highest BCUT2D eigenvalue weighted by molar-refractivity contribution is 5.92. The van der Waals surface area contributed by atoms with Gasteiger partial charge in [-0.3, -0.25) is 9.69 Å². The number of hydrogen-bond acceptors (Lipinski definition) is 4. The van der Waals surface area contributed by atoms with E-state index in [1.807, 2.05) is 19.1 Å². The van der Waals surface area contributed by atoms with Crippen LogP contribution in [0.25, 0.3) is 0 Å². The molecular weight excluding hydrogens is 355 g/mol. The van der Waals surface area contributed by atoms with Crippen molar-refractivity contribution in [1.82, 2.24) is 20.2 Å². The van der Waals surface area contributed by atoms with E-state index in [2.05, 4.69) is 34.0 Å². The third-order valence-corrected chi connectivity index (χ3v) is 4.93. The van der Waals surface area contributed by atoms with Crippen molar-refractivity contribution in [3.8, 4) is 0 Å². The Labute approximate surface area is 166 Å². The van der Waals surface area contributed by atoms with Gasteiger partial charge in [-0.05, 0) is 50.8 Å². The minimum atomic E-state index is -0.178. The molecule has 0 aliphatic carbocycles. The van der Waals surface area contributed by atoms with Crippen molar-refractivity contribution in [3.63, 3.8) is 0 Å². The van der Waals surface area contributed by atoms with Crippen LogP contribution in [0.15, 0.2) is 30.3 Å². The molecule has 1 aliphatic heterocycles. The zero-order chi connectivity index (χ0) is 20.1. The Morgan fingerprint density at radius 1 is 1.32 bits per heavy atom. The molecule has 1 unspecified atom stereocenters. The Hall–Kier alpha value is -2.34. The monoisotopic (exact) mass is 384 g/mol. The number of aryl methyl sites for hydroxylation is 1. The quantitative estimate of drug-likeness (QED) is 0.828. The van der Waals surface area contributed by atoms with Gasteiger partial charge in [-0.15, -0.1) is 0 Å². The van der Waals surface area contributed by atoms with Gasteiger partial charge in [-0.25, -0.2) is 14.4 Å². The van der Waals surface area contributed by atoms with Gasteiger partial charge in [0.2, 0.25) is 0 Å². The summed E-state index contributed by atoms with van der Waals surface area (Å²) >= 11 is 0. The van der Waals surface area contributed by atoms with Crippen LogP contribution in [0.1, 0.15) is 54.3 Å². The van der Waals surface area contributed by atoms with Crippen LogP contribution in [0.5, 0.6) is 0 Å². The van der Waals surface area contributed by atoms with Gasteiger partial charge in [-0.2, -0.15) is 0 Å². The highest BCUT2D eigenvalue weighted by Crippen LogP contribution is 2.16. The van der Waals surface area contributed by atoms with E-state index in [1.165, 1.54) is 6.07 Å². The number of carbonyl (C=O) groups is 1. The smallest absolute Gasteiger partial charge is 0.270 e. The summed E-state index contributed by atoms with van der Waals surface area (Å²) in [6, 6.07) is 8.70. The van der Waals surface area contributed by atoms with Crippen molar-refractivity contribution in [2.45, 2.75) is 52.6 Å². The van der Waals surface area contributed by atoms with Gasteiger partial charge >= 0.3 is 0 Å². The maximum absolute atomic E-state index is 13.9. The molecule has 6 heteroatoms. The van der Waals surface area contributed by atoms with Crippen molar-refractivity contribution in [3.05, 3.63) is 58.9 Å². The van der Waals surface area contributed by atoms with Gasteiger partial charge in [0.05, 0.1) is 0 Å². The van der Waals surface area contributed by atoms with Crippen molar-refractivity contribution in [1.29, 1.82) is 0 Å². The molecule has 0 radical (unpaired) electrons. The molecule has 2 aromatic rings. The van der Waals surface area contributed by atoms with Crippen LogP contribution in [0, 0.1) is 18.7 Å². The van der Waals surface area contributed by atoms with Crippen LogP contribution < -0.4 is 5.32 Å². The summed E-state index contributed by atoms with van der Waals surface area (Å²) in [6.45, 7) is 8.25. The minimum Gasteiger partial charge on any atom is -0.347 e. The number of piperidine rings is 1. The predicted octanol–water partition coefficient (Wildman–Crippen LogP) is 3.52. The van der Waals surface area contributed by atoms with E-state index >= 15 is 0 Å². The van der Waals surface area contributed by atoms with Crippen molar-refractivity contribution in [2.75, 3.05) is 13.1 Å². The van der Waals surface area contributed by atoms with Crippen LogP contribution in [-0.2, 0) is 13.0 Å². The largest absolute Gasteiger partial charge is 0.347 e. The second-order valence-electron chi connectivity index (χ2n) is 8.03. The normalized spacial score (nSPS) is 17.7. The number of benzene rings is 1. The highest BCUT2D eigenvalue weighted by Gasteiger charge is 2.23. The first-order valence-electron chi connectivity index (χ1n) is 10.0. The lowest BCUT2D eigenvalue weighted by Crippen LogP contribution is -2.47. The molecular formula is C22H29FN4O. The molecule has 5 nitrogen and oxygen atoms in total. The topological polar surface area (TPSA) is 58.1 Å². The fourth-order valence-corrected chi connectivity index (χ4v) is 3.71. The molecule has 0 bridgehead atoms. The van der Waals surface area contributed by atoms with E-state index in [9.17, 15) is 9.18 Å². The van der Waals surface area contributed by atoms with E-state index in [0.29, 0.717) is 36.1 Å². The first-order valence-corrected chi connectivity index (χ1v) is 10.0. The molecule has 1 aliphatic rings. The van der Waals surface area contributed by atoms with Crippen LogP contribution in [0.4, 0.5) is 4.39 Å². The predicted molar refractivity (Wildman–Crippen MR) is 107 cm³/mol. The Kier molecular flexibility index (Phi) is 6.73. The van der Waals surface area contributed by atoms with E-state index in [4.69, 9.17) is 0 Å². The summed E-state index contributed by atoms with van der Waals surface area (Å²) in [4.78, 5) is 23.7. The zero-order valence-corrected chi connectivity index (χ0v) is 16.9. The van der Waals surface area contributed by atoms with Crippen LogP contribution in [0.2, 0.25) is 0 Å². The molecule has 1 fully saturated rings. The lowest BCUT2D eigenvalue weighted by Gasteiger charge is -2.33. The van der Waals surface area contributed by atoms with Gasteiger partial charge in [0.25, 0.3) is 5.91 Å².